The van der Waals surface area contributed by atoms with Gasteiger partial charge in [-0.2, -0.15) is 0 Å². The van der Waals surface area contributed by atoms with E-state index in [-0.39, 0.29) is 24.2 Å². The quantitative estimate of drug-likeness (QED) is 0.367. The van der Waals surface area contributed by atoms with E-state index in [0.717, 1.165) is 19.3 Å². The minimum absolute atomic E-state index is 0.187. The second-order valence-electron chi connectivity index (χ2n) is 9.28. The standard InChI is InChI=1S/C27H27ClN4O5/c1-15-22-24(31-37-15)23-19(28)11-6-12-20(23)32(27(22)35)18-10-5-9-17(13-18)30-26(34)25(36-21(33)14-29)16-7-3-2-4-8-16/h2-4,6-8,11-12,17-18,25H,5,9-10,13-14,29H2,1H3,(H,30,34)/t17-,18-,25-/m0/s1. The number of nitrogens with two attached hydrogens (primary N) is 1. The van der Waals surface area contributed by atoms with Crippen molar-refractivity contribution in [3.63, 3.8) is 0 Å². The first-order valence-corrected chi connectivity index (χ1v) is 12.6. The molecule has 1 aliphatic rings. The number of amides is 1. The summed E-state index contributed by atoms with van der Waals surface area (Å²) in [5, 5.41) is 8.70. The van der Waals surface area contributed by atoms with Crippen molar-refractivity contribution < 1.29 is 18.8 Å². The highest BCUT2D eigenvalue weighted by Crippen LogP contribution is 2.35. The smallest absolute Gasteiger partial charge is 0.320 e. The van der Waals surface area contributed by atoms with Crippen molar-refractivity contribution in [1.29, 1.82) is 0 Å². The van der Waals surface area contributed by atoms with Crippen LogP contribution in [0.25, 0.3) is 21.8 Å². The van der Waals surface area contributed by atoms with Crippen molar-refractivity contribution in [1.82, 2.24) is 15.0 Å². The molecular weight excluding hydrogens is 496 g/mol. The van der Waals surface area contributed by atoms with Crippen LogP contribution in [-0.2, 0) is 14.3 Å². The third kappa shape index (κ3) is 4.72. The molecule has 37 heavy (non-hydrogen) atoms. The van der Waals surface area contributed by atoms with Gasteiger partial charge in [-0.05, 0) is 44.7 Å². The van der Waals surface area contributed by atoms with E-state index in [2.05, 4.69) is 10.5 Å². The Morgan fingerprint density at radius 2 is 1.97 bits per heavy atom. The molecule has 3 atom stereocenters. The number of halogens is 1. The lowest BCUT2D eigenvalue weighted by molar-refractivity contribution is -0.155. The number of pyridine rings is 1. The Morgan fingerprint density at radius 3 is 2.73 bits per heavy atom. The van der Waals surface area contributed by atoms with Gasteiger partial charge in [0.1, 0.15) is 16.7 Å². The molecule has 1 saturated carbocycles. The van der Waals surface area contributed by atoms with Crippen molar-refractivity contribution in [3.8, 4) is 0 Å². The van der Waals surface area contributed by atoms with E-state index in [4.69, 9.17) is 26.6 Å². The second-order valence-corrected chi connectivity index (χ2v) is 9.69. The van der Waals surface area contributed by atoms with Crippen molar-refractivity contribution in [2.24, 2.45) is 5.73 Å². The number of nitrogens with zero attached hydrogens (tertiary/aromatic N) is 2. The first-order valence-electron chi connectivity index (χ1n) is 12.2. The van der Waals surface area contributed by atoms with E-state index in [1.807, 2.05) is 12.1 Å². The fourth-order valence-corrected chi connectivity index (χ4v) is 5.48. The third-order valence-corrected chi connectivity index (χ3v) is 7.21. The zero-order chi connectivity index (χ0) is 26.1. The minimum Gasteiger partial charge on any atom is -0.446 e. The number of rotatable bonds is 6. The van der Waals surface area contributed by atoms with Gasteiger partial charge in [0, 0.05) is 23.0 Å². The van der Waals surface area contributed by atoms with Crippen molar-refractivity contribution >= 4 is 45.3 Å². The van der Waals surface area contributed by atoms with Gasteiger partial charge < -0.3 is 24.9 Å². The Kier molecular flexibility index (Phi) is 6.99. The maximum Gasteiger partial charge on any atom is 0.320 e. The molecule has 4 aromatic rings. The number of benzene rings is 2. The Balaban J connectivity index is 1.46. The molecule has 2 aromatic heterocycles. The van der Waals surface area contributed by atoms with Crippen LogP contribution < -0.4 is 16.6 Å². The fourth-order valence-electron chi connectivity index (χ4n) is 5.22. The van der Waals surface area contributed by atoms with Crippen LogP contribution in [0.4, 0.5) is 0 Å². The summed E-state index contributed by atoms with van der Waals surface area (Å²) in [6.45, 7) is 1.38. The van der Waals surface area contributed by atoms with Crippen LogP contribution in [0.15, 0.2) is 57.8 Å². The van der Waals surface area contributed by atoms with Gasteiger partial charge in [-0.25, -0.2) is 0 Å². The summed E-state index contributed by atoms with van der Waals surface area (Å²) in [6, 6.07) is 13.8. The SMILES string of the molecule is Cc1onc2c1c(=O)n([C@H]1CCC[C@H](NC(=O)[C@@H](OC(=O)CN)c3ccccc3)C1)c1cccc(Cl)c21. The number of nitrogens with one attached hydrogen (secondary N) is 1. The molecule has 0 radical (unpaired) electrons. The van der Waals surface area contributed by atoms with Crippen LogP contribution in [0.3, 0.4) is 0 Å². The lowest BCUT2D eigenvalue weighted by atomic mass is 9.89. The largest absolute Gasteiger partial charge is 0.446 e. The topological polar surface area (TPSA) is 129 Å². The van der Waals surface area contributed by atoms with Crippen LogP contribution >= 0.6 is 11.6 Å². The van der Waals surface area contributed by atoms with Crippen molar-refractivity contribution in [3.05, 3.63) is 75.2 Å². The molecule has 0 spiro atoms. The van der Waals surface area contributed by atoms with E-state index in [1.165, 1.54) is 0 Å². The van der Waals surface area contributed by atoms with E-state index in [0.29, 0.717) is 44.6 Å². The van der Waals surface area contributed by atoms with E-state index < -0.39 is 18.0 Å². The molecule has 0 unspecified atom stereocenters. The Labute approximate surface area is 217 Å². The number of ether oxygens (including phenoxy) is 1. The molecule has 1 amide bonds. The number of aryl methyl sites for hydroxylation is 1. The van der Waals surface area contributed by atoms with Crippen LogP contribution in [0, 0.1) is 6.92 Å². The van der Waals surface area contributed by atoms with Gasteiger partial charge >= 0.3 is 5.97 Å². The highest BCUT2D eigenvalue weighted by molar-refractivity contribution is 6.37. The summed E-state index contributed by atoms with van der Waals surface area (Å²) < 4.78 is 12.5. The predicted molar refractivity (Wildman–Crippen MR) is 139 cm³/mol. The molecule has 1 fully saturated rings. The summed E-state index contributed by atoms with van der Waals surface area (Å²) in [5.41, 5.74) is 6.91. The lowest BCUT2D eigenvalue weighted by Crippen LogP contribution is -2.43. The summed E-state index contributed by atoms with van der Waals surface area (Å²) in [6.07, 6.45) is 1.69. The molecule has 0 bridgehead atoms. The Bertz CT molecular complexity index is 1530. The van der Waals surface area contributed by atoms with Crippen LogP contribution in [0.5, 0.6) is 0 Å². The molecule has 10 heteroatoms. The number of carbonyl (C=O) groups excluding carboxylic acids is 2. The van der Waals surface area contributed by atoms with Crippen molar-refractivity contribution in [2.75, 3.05) is 6.54 Å². The molecule has 2 aromatic carbocycles. The van der Waals surface area contributed by atoms with E-state index >= 15 is 0 Å². The van der Waals surface area contributed by atoms with Crippen molar-refractivity contribution in [2.45, 2.75) is 50.8 Å². The lowest BCUT2D eigenvalue weighted by Gasteiger charge is -2.32. The normalized spacial score (nSPS) is 18.6. The molecule has 0 aliphatic heterocycles. The Morgan fingerprint density at radius 1 is 1.19 bits per heavy atom. The number of hydrogen-bond acceptors (Lipinski definition) is 7. The van der Waals surface area contributed by atoms with E-state index in [1.54, 1.807) is 47.9 Å². The number of esters is 1. The highest BCUT2D eigenvalue weighted by atomic mass is 35.5. The molecule has 9 nitrogen and oxygen atoms in total. The second kappa shape index (κ2) is 10.4. The minimum atomic E-state index is -1.11. The highest BCUT2D eigenvalue weighted by Gasteiger charge is 2.31. The number of hydrogen-bond donors (Lipinski definition) is 2. The summed E-state index contributed by atoms with van der Waals surface area (Å²) in [5.74, 6) is -0.661. The van der Waals surface area contributed by atoms with Crippen LogP contribution in [-0.4, -0.2) is 34.2 Å². The number of carbonyl (C=O) groups is 2. The van der Waals surface area contributed by atoms with Gasteiger partial charge in [-0.3, -0.25) is 14.4 Å². The Hall–Kier alpha value is -3.69. The molecular formula is C27H27ClN4O5. The molecule has 5 rings (SSSR count). The summed E-state index contributed by atoms with van der Waals surface area (Å²) in [4.78, 5) is 38.9. The zero-order valence-electron chi connectivity index (χ0n) is 20.3. The maximum absolute atomic E-state index is 13.7. The number of aromatic nitrogens is 2. The van der Waals surface area contributed by atoms with Crippen LogP contribution in [0.1, 0.15) is 49.2 Å². The fraction of sp³-hybridized carbons (Fsp3) is 0.333. The molecule has 3 N–H and O–H groups in total. The monoisotopic (exact) mass is 522 g/mol. The molecule has 2 heterocycles. The van der Waals surface area contributed by atoms with Gasteiger partial charge in [0.2, 0.25) is 6.10 Å². The van der Waals surface area contributed by atoms with Gasteiger partial charge in [-0.1, -0.05) is 53.2 Å². The summed E-state index contributed by atoms with van der Waals surface area (Å²) >= 11 is 6.55. The van der Waals surface area contributed by atoms with E-state index in [9.17, 15) is 14.4 Å². The van der Waals surface area contributed by atoms with Crippen LogP contribution in [0.2, 0.25) is 5.02 Å². The zero-order valence-corrected chi connectivity index (χ0v) is 21.0. The summed E-state index contributed by atoms with van der Waals surface area (Å²) in [7, 11) is 0. The molecule has 0 saturated heterocycles. The first-order chi connectivity index (χ1) is 17.9. The maximum atomic E-state index is 13.7. The molecule has 1 aliphatic carbocycles. The third-order valence-electron chi connectivity index (χ3n) is 6.90. The average molecular weight is 523 g/mol. The van der Waals surface area contributed by atoms with Gasteiger partial charge in [0.25, 0.3) is 11.5 Å². The predicted octanol–water partition coefficient (Wildman–Crippen LogP) is 3.95. The first kappa shape index (κ1) is 25.0. The number of fused-ring (bicyclic) bond motifs is 3. The average Bonchev–Trinajstić information content (AvgIpc) is 3.29. The van der Waals surface area contributed by atoms with Gasteiger partial charge in [0.05, 0.1) is 17.1 Å². The van der Waals surface area contributed by atoms with Gasteiger partial charge in [0.15, 0.2) is 0 Å². The van der Waals surface area contributed by atoms with Gasteiger partial charge in [-0.15, -0.1) is 0 Å². The molecule has 192 valence electrons.